The lowest BCUT2D eigenvalue weighted by molar-refractivity contribution is -0.115. The summed E-state index contributed by atoms with van der Waals surface area (Å²) in [5, 5.41) is 5.88. The first-order valence-corrected chi connectivity index (χ1v) is 6.79. The first-order chi connectivity index (χ1) is 8.26. The Kier molecular flexibility index (Phi) is 6.50. The minimum atomic E-state index is -0.0423. The van der Waals surface area contributed by atoms with Crippen molar-refractivity contribution in [3.05, 3.63) is 24.3 Å². The molecule has 0 aliphatic rings. The molecule has 0 atom stereocenters. The molecule has 0 aliphatic heterocycles. The summed E-state index contributed by atoms with van der Waals surface area (Å²) < 4.78 is 5.08. The number of hydrogen-bond acceptors (Lipinski definition) is 4. The van der Waals surface area contributed by atoms with E-state index >= 15 is 0 Å². The molecule has 94 valence electrons. The molecule has 0 aromatic heterocycles. The van der Waals surface area contributed by atoms with Gasteiger partial charge in [0.15, 0.2) is 0 Å². The zero-order chi connectivity index (χ0) is 12.5. The number of rotatable bonds is 7. The van der Waals surface area contributed by atoms with Crippen LogP contribution in [0.15, 0.2) is 24.3 Å². The van der Waals surface area contributed by atoms with Crippen molar-refractivity contribution in [2.24, 2.45) is 0 Å². The van der Waals surface area contributed by atoms with E-state index in [1.807, 2.05) is 24.5 Å². The van der Waals surface area contributed by atoms with Gasteiger partial charge >= 0.3 is 0 Å². The maximum absolute atomic E-state index is 11.6. The molecule has 4 nitrogen and oxygen atoms in total. The Morgan fingerprint density at radius 1 is 1.47 bits per heavy atom. The first kappa shape index (κ1) is 13.9. The van der Waals surface area contributed by atoms with E-state index in [9.17, 15) is 4.79 Å². The van der Waals surface area contributed by atoms with Gasteiger partial charge < -0.3 is 15.4 Å². The number of methoxy groups -OCH3 is 1. The van der Waals surface area contributed by atoms with Crippen molar-refractivity contribution in [3.8, 4) is 5.75 Å². The van der Waals surface area contributed by atoms with E-state index in [1.54, 1.807) is 24.9 Å². The number of anilines is 1. The Balaban J connectivity index is 2.34. The molecule has 17 heavy (non-hydrogen) atoms. The van der Waals surface area contributed by atoms with Crippen molar-refractivity contribution in [2.75, 3.05) is 37.5 Å². The topological polar surface area (TPSA) is 50.4 Å². The SMILES string of the molecule is COc1cccc(NC(=O)CNCCSC)c1. The smallest absolute Gasteiger partial charge is 0.238 e. The Hall–Kier alpha value is -1.20. The van der Waals surface area contributed by atoms with E-state index in [4.69, 9.17) is 4.74 Å². The summed E-state index contributed by atoms with van der Waals surface area (Å²) in [4.78, 5) is 11.6. The molecule has 1 aromatic carbocycles. The zero-order valence-electron chi connectivity index (χ0n) is 10.2. The van der Waals surface area contributed by atoms with Gasteiger partial charge in [0, 0.05) is 24.1 Å². The highest BCUT2D eigenvalue weighted by atomic mass is 32.2. The molecule has 0 spiro atoms. The van der Waals surface area contributed by atoms with Crippen LogP contribution in [0.3, 0.4) is 0 Å². The molecule has 0 aliphatic carbocycles. The normalized spacial score (nSPS) is 10.0. The third-order valence-electron chi connectivity index (χ3n) is 2.12. The van der Waals surface area contributed by atoms with Crippen LogP contribution in [0.25, 0.3) is 0 Å². The van der Waals surface area contributed by atoms with Crippen molar-refractivity contribution in [3.63, 3.8) is 0 Å². The van der Waals surface area contributed by atoms with Gasteiger partial charge in [-0.15, -0.1) is 0 Å². The van der Waals surface area contributed by atoms with Crippen LogP contribution in [0, 0.1) is 0 Å². The molecule has 5 heteroatoms. The summed E-state index contributed by atoms with van der Waals surface area (Å²) in [6.07, 6.45) is 2.04. The number of nitrogens with one attached hydrogen (secondary N) is 2. The Morgan fingerprint density at radius 3 is 3.00 bits per heavy atom. The molecule has 2 N–H and O–H groups in total. The highest BCUT2D eigenvalue weighted by Crippen LogP contribution is 2.16. The average molecular weight is 254 g/mol. The molecule has 0 saturated heterocycles. The van der Waals surface area contributed by atoms with Crippen LogP contribution in [0.2, 0.25) is 0 Å². The minimum Gasteiger partial charge on any atom is -0.497 e. The van der Waals surface area contributed by atoms with Crippen LogP contribution in [-0.4, -0.2) is 38.1 Å². The second kappa shape index (κ2) is 7.97. The van der Waals surface area contributed by atoms with E-state index in [2.05, 4.69) is 10.6 Å². The molecule has 0 fully saturated rings. The molecule has 1 rings (SSSR count). The lowest BCUT2D eigenvalue weighted by Crippen LogP contribution is -2.29. The van der Waals surface area contributed by atoms with E-state index in [1.165, 1.54) is 0 Å². The predicted octanol–water partition coefficient (Wildman–Crippen LogP) is 1.59. The quantitative estimate of drug-likeness (QED) is 0.726. The lowest BCUT2D eigenvalue weighted by atomic mass is 10.3. The second-order valence-electron chi connectivity index (χ2n) is 3.45. The van der Waals surface area contributed by atoms with Crippen molar-refractivity contribution >= 4 is 23.4 Å². The van der Waals surface area contributed by atoms with Crippen LogP contribution < -0.4 is 15.4 Å². The molecule has 0 saturated carbocycles. The summed E-state index contributed by atoms with van der Waals surface area (Å²) in [5.74, 6) is 1.70. The zero-order valence-corrected chi connectivity index (χ0v) is 11.0. The largest absolute Gasteiger partial charge is 0.497 e. The average Bonchev–Trinajstić information content (AvgIpc) is 2.35. The monoisotopic (exact) mass is 254 g/mol. The predicted molar refractivity (Wildman–Crippen MR) is 72.9 cm³/mol. The number of carbonyl (C=O) groups is 1. The van der Waals surface area contributed by atoms with Crippen LogP contribution in [-0.2, 0) is 4.79 Å². The summed E-state index contributed by atoms with van der Waals surface area (Å²) in [7, 11) is 1.60. The first-order valence-electron chi connectivity index (χ1n) is 5.40. The van der Waals surface area contributed by atoms with E-state index in [0.717, 1.165) is 23.7 Å². The number of amides is 1. The van der Waals surface area contributed by atoms with Gasteiger partial charge in [-0.25, -0.2) is 0 Å². The molecular weight excluding hydrogens is 236 g/mol. The summed E-state index contributed by atoms with van der Waals surface area (Å²) in [6, 6.07) is 7.31. The van der Waals surface area contributed by atoms with Crippen molar-refractivity contribution in [1.82, 2.24) is 5.32 Å². The maximum Gasteiger partial charge on any atom is 0.238 e. The Morgan fingerprint density at radius 2 is 2.29 bits per heavy atom. The molecule has 1 amide bonds. The maximum atomic E-state index is 11.6. The van der Waals surface area contributed by atoms with E-state index < -0.39 is 0 Å². The third-order valence-corrected chi connectivity index (χ3v) is 2.73. The van der Waals surface area contributed by atoms with Gasteiger partial charge in [-0.2, -0.15) is 11.8 Å². The molecular formula is C12H18N2O2S. The summed E-state index contributed by atoms with van der Waals surface area (Å²) in [5.41, 5.74) is 0.751. The fourth-order valence-corrected chi connectivity index (χ4v) is 1.63. The number of benzene rings is 1. The summed E-state index contributed by atoms with van der Waals surface area (Å²) >= 11 is 1.75. The molecule has 0 unspecified atom stereocenters. The molecule has 0 bridgehead atoms. The van der Waals surface area contributed by atoms with Gasteiger partial charge in [0.05, 0.1) is 13.7 Å². The van der Waals surface area contributed by atoms with Crippen molar-refractivity contribution < 1.29 is 9.53 Å². The van der Waals surface area contributed by atoms with Gasteiger partial charge in [-0.1, -0.05) is 6.07 Å². The number of hydrogen-bond donors (Lipinski definition) is 2. The Labute approximate surface area is 106 Å². The van der Waals surface area contributed by atoms with Crippen LogP contribution >= 0.6 is 11.8 Å². The van der Waals surface area contributed by atoms with Gasteiger partial charge in [0.2, 0.25) is 5.91 Å². The van der Waals surface area contributed by atoms with Gasteiger partial charge in [0.1, 0.15) is 5.75 Å². The highest BCUT2D eigenvalue weighted by molar-refractivity contribution is 7.98. The number of thioether (sulfide) groups is 1. The van der Waals surface area contributed by atoms with Gasteiger partial charge in [-0.05, 0) is 18.4 Å². The van der Waals surface area contributed by atoms with Gasteiger partial charge in [0.25, 0.3) is 0 Å². The molecule has 1 aromatic rings. The fourth-order valence-electron chi connectivity index (χ4n) is 1.28. The molecule has 0 radical (unpaired) electrons. The molecule has 0 heterocycles. The van der Waals surface area contributed by atoms with Crippen molar-refractivity contribution in [2.45, 2.75) is 0 Å². The van der Waals surface area contributed by atoms with Crippen molar-refractivity contribution in [1.29, 1.82) is 0 Å². The van der Waals surface area contributed by atoms with Crippen LogP contribution in [0.5, 0.6) is 5.75 Å². The number of carbonyl (C=O) groups excluding carboxylic acids is 1. The highest BCUT2D eigenvalue weighted by Gasteiger charge is 2.02. The standard InChI is InChI=1S/C12H18N2O2S/c1-16-11-5-3-4-10(8-11)14-12(15)9-13-6-7-17-2/h3-5,8,13H,6-7,9H2,1-2H3,(H,14,15). The Bertz CT molecular complexity index is 358. The third kappa shape index (κ3) is 5.60. The second-order valence-corrected chi connectivity index (χ2v) is 4.44. The van der Waals surface area contributed by atoms with Crippen LogP contribution in [0.1, 0.15) is 0 Å². The summed E-state index contributed by atoms with van der Waals surface area (Å²) in [6.45, 7) is 1.17. The van der Waals surface area contributed by atoms with E-state index in [0.29, 0.717) is 6.54 Å². The van der Waals surface area contributed by atoms with Gasteiger partial charge in [-0.3, -0.25) is 4.79 Å². The van der Waals surface area contributed by atoms with E-state index in [-0.39, 0.29) is 5.91 Å². The van der Waals surface area contributed by atoms with Crippen LogP contribution in [0.4, 0.5) is 5.69 Å². The number of ether oxygens (including phenoxy) is 1. The fraction of sp³-hybridized carbons (Fsp3) is 0.417. The lowest BCUT2D eigenvalue weighted by Gasteiger charge is -2.07. The minimum absolute atomic E-state index is 0.0423.